The Hall–Kier alpha value is -0.610. The summed E-state index contributed by atoms with van der Waals surface area (Å²) in [6.45, 7) is 5.53. The fraction of sp³-hybridized carbons (Fsp3) is 0.933. The second kappa shape index (κ2) is 6.71. The zero-order chi connectivity index (χ0) is 13.7. The van der Waals surface area contributed by atoms with Gasteiger partial charge in [-0.3, -0.25) is 9.69 Å². The number of nitrogens with two attached hydrogens (primary N) is 1. The molecule has 2 aliphatic rings. The van der Waals surface area contributed by atoms with Gasteiger partial charge in [0.05, 0.1) is 5.41 Å². The third kappa shape index (κ3) is 3.69. The first-order valence-corrected chi connectivity index (χ1v) is 7.94. The van der Waals surface area contributed by atoms with Crippen LogP contribution >= 0.6 is 0 Å². The maximum Gasteiger partial charge on any atom is 0.227 e. The molecular formula is C15H29N3O. The van der Waals surface area contributed by atoms with Crippen LogP contribution in [0.25, 0.3) is 0 Å². The zero-order valence-electron chi connectivity index (χ0n) is 12.3. The zero-order valence-corrected chi connectivity index (χ0v) is 12.3. The van der Waals surface area contributed by atoms with Crippen molar-refractivity contribution in [2.75, 3.05) is 26.2 Å². The van der Waals surface area contributed by atoms with Crippen LogP contribution in [0, 0.1) is 5.41 Å². The molecule has 0 spiro atoms. The number of nitrogens with zero attached hydrogens (tertiary/aromatic N) is 1. The average Bonchev–Trinajstić information content (AvgIpc) is 3.28. The third-order valence-electron chi connectivity index (χ3n) is 4.84. The van der Waals surface area contributed by atoms with Crippen molar-refractivity contribution in [3.8, 4) is 0 Å². The summed E-state index contributed by atoms with van der Waals surface area (Å²) in [5.74, 6) is 0.196. The number of likely N-dealkylation sites (N-methyl/N-ethyl adjacent to an activating group) is 1. The van der Waals surface area contributed by atoms with Crippen LogP contribution in [0.3, 0.4) is 0 Å². The molecular weight excluding hydrogens is 238 g/mol. The van der Waals surface area contributed by atoms with E-state index in [0.717, 1.165) is 51.4 Å². The molecule has 0 bridgehead atoms. The maximum atomic E-state index is 12.4. The summed E-state index contributed by atoms with van der Waals surface area (Å²) < 4.78 is 0. The smallest absolute Gasteiger partial charge is 0.227 e. The molecule has 0 unspecified atom stereocenters. The molecule has 2 saturated carbocycles. The van der Waals surface area contributed by atoms with E-state index in [1.165, 1.54) is 19.3 Å². The van der Waals surface area contributed by atoms with E-state index in [2.05, 4.69) is 17.1 Å². The maximum absolute atomic E-state index is 12.4. The van der Waals surface area contributed by atoms with E-state index in [1.807, 2.05) is 0 Å². The molecule has 1 amide bonds. The molecule has 2 fully saturated rings. The molecule has 0 aromatic rings. The second-order valence-corrected chi connectivity index (χ2v) is 6.16. The highest BCUT2D eigenvalue weighted by Crippen LogP contribution is 2.35. The molecule has 110 valence electrons. The Kier molecular flexibility index (Phi) is 5.22. The molecule has 3 N–H and O–H groups in total. The Morgan fingerprint density at radius 3 is 2.53 bits per heavy atom. The van der Waals surface area contributed by atoms with Crippen LogP contribution in [-0.2, 0) is 4.79 Å². The Balaban J connectivity index is 1.75. The van der Waals surface area contributed by atoms with E-state index < -0.39 is 0 Å². The van der Waals surface area contributed by atoms with E-state index in [4.69, 9.17) is 5.73 Å². The first kappa shape index (κ1) is 14.8. The standard InChI is InChI=1S/C15H29N3O/c1-2-18(13-6-7-13)11-10-17-14(19)15(12-16)8-4-3-5-9-15/h13H,2-12,16H2,1H3,(H,17,19). The van der Waals surface area contributed by atoms with Crippen LogP contribution in [0.2, 0.25) is 0 Å². The van der Waals surface area contributed by atoms with Gasteiger partial charge < -0.3 is 11.1 Å². The largest absolute Gasteiger partial charge is 0.354 e. The summed E-state index contributed by atoms with van der Waals surface area (Å²) in [5.41, 5.74) is 5.61. The van der Waals surface area contributed by atoms with E-state index in [-0.39, 0.29) is 11.3 Å². The van der Waals surface area contributed by atoms with Gasteiger partial charge in [-0.15, -0.1) is 0 Å². The predicted molar refractivity (Wildman–Crippen MR) is 77.9 cm³/mol. The van der Waals surface area contributed by atoms with Crippen molar-refractivity contribution < 1.29 is 4.79 Å². The summed E-state index contributed by atoms with van der Waals surface area (Å²) in [5, 5.41) is 3.13. The monoisotopic (exact) mass is 267 g/mol. The van der Waals surface area contributed by atoms with E-state index in [9.17, 15) is 4.79 Å². The number of rotatable bonds is 7. The van der Waals surface area contributed by atoms with Crippen LogP contribution in [-0.4, -0.2) is 43.0 Å². The van der Waals surface area contributed by atoms with Gasteiger partial charge in [0.2, 0.25) is 5.91 Å². The van der Waals surface area contributed by atoms with Crippen LogP contribution < -0.4 is 11.1 Å². The molecule has 0 atom stereocenters. The Morgan fingerprint density at radius 2 is 2.00 bits per heavy atom. The summed E-state index contributed by atoms with van der Waals surface area (Å²) in [6.07, 6.45) is 8.13. The number of hydrogen-bond acceptors (Lipinski definition) is 3. The predicted octanol–water partition coefficient (Wildman–Crippen LogP) is 1.50. The number of carbonyl (C=O) groups excluding carboxylic acids is 1. The molecule has 0 saturated heterocycles. The van der Waals surface area contributed by atoms with Gasteiger partial charge >= 0.3 is 0 Å². The number of hydrogen-bond donors (Lipinski definition) is 2. The highest BCUT2D eigenvalue weighted by molar-refractivity contribution is 5.83. The van der Waals surface area contributed by atoms with Crippen molar-refractivity contribution >= 4 is 5.91 Å². The van der Waals surface area contributed by atoms with Crippen molar-refractivity contribution in [1.29, 1.82) is 0 Å². The van der Waals surface area contributed by atoms with Crippen molar-refractivity contribution in [3.63, 3.8) is 0 Å². The van der Waals surface area contributed by atoms with Crippen molar-refractivity contribution in [2.45, 2.75) is 57.9 Å². The molecule has 4 heteroatoms. The summed E-state index contributed by atoms with van der Waals surface area (Å²) in [4.78, 5) is 14.9. The minimum Gasteiger partial charge on any atom is -0.354 e. The first-order valence-electron chi connectivity index (χ1n) is 7.94. The van der Waals surface area contributed by atoms with Gasteiger partial charge in [-0.1, -0.05) is 26.2 Å². The Bertz CT molecular complexity index is 296. The fourth-order valence-corrected chi connectivity index (χ4v) is 3.29. The number of nitrogens with one attached hydrogen (secondary N) is 1. The van der Waals surface area contributed by atoms with Crippen molar-refractivity contribution in [1.82, 2.24) is 10.2 Å². The molecule has 0 aromatic carbocycles. The van der Waals surface area contributed by atoms with E-state index in [0.29, 0.717) is 6.54 Å². The minimum atomic E-state index is -0.269. The highest BCUT2D eigenvalue weighted by atomic mass is 16.2. The molecule has 2 aliphatic carbocycles. The van der Waals surface area contributed by atoms with Crippen LogP contribution in [0.1, 0.15) is 51.9 Å². The third-order valence-corrected chi connectivity index (χ3v) is 4.84. The lowest BCUT2D eigenvalue weighted by Gasteiger charge is -2.34. The first-order chi connectivity index (χ1) is 9.22. The van der Waals surface area contributed by atoms with Gasteiger partial charge in [0, 0.05) is 25.7 Å². The van der Waals surface area contributed by atoms with E-state index in [1.54, 1.807) is 0 Å². The molecule has 19 heavy (non-hydrogen) atoms. The number of amides is 1. The second-order valence-electron chi connectivity index (χ2n) is 6.16. The summed E-state index contributed by atoms with van der Waals surface area (Å²) in [7, 11) is 0. The lowest BCUT2D eigenvalue weighted by Crippen LogP contribution is -2.48. The minimum absolute atomic E-state index is 0.196. The molecule has 0 aromatic heterocycles. The average molecular weight is 267 g/mol. The fourth-order valence-electron chi connectivity index (χ4n) is 3.29. The van der Waals surface area contributed by atoms with Crippen LogP contribution in [0.4, 0.5) is 0 Å². The van der Waals surface area contributed by atoms with Crippen LogP contribution in [0.15, 0.2) is 0 Å². The lowest BCUT2D eigenvalue weighted by atomic mass is 9.73. The quantitative estimate of drug-likeness (QED) is 0.735. The van der Waals surface area contributed by atoms with Gasteiger partial charge in [-0.25, -0.2) is 0 Å². The van der Waals surface area contributed by atoms with Gasteiger partial charge in [-0.2, -0.15) is 0 Å². The molecule has 0 aliphatic heterocycles. The highest BCUT2D eigenvalue weighted by Gasteiger charge is 2.38. The summed E-state index contributed by atoms with van der Waals surface area (Å²) in [6, 6.07) is 0.778. The van der Waals surface area contributed by atoms with Crippen LogP contribution in [0.5, 0.6) is 0 Å². The molecule has 0 radical (unpaired) electrons. The summed E-state index contributed by atoms with van der Waals surface area (Å²) >= 11 is 0. The number of carbonyl (C=O) groups is 1. The van der Waals surface area contributed by atoms with Crippen molar-refractivity contribution in [3.05, 3.63) is 0 Å². The topological polar surface area (TPSA) is 58.4 Å². The van der Waals surface area contributed by atoms with Crippen molar-refractivity contribution in [2.24, 2.45) is 11.1 Å². The normalized spacial score (nSPS) is 22.5. The Labute approximate surface area is 117 Å². The lowest BCUT2D eigenvalue weighted by molar-refractivity contribution is -0.132. The molecule has 0 heterocycles. The molecule has 4 nitrogen and oxygen atoms in total. The van der Waals surface area contributed by atoms with Gasteiger partial charge in [0.15, 0.2) is 0 Å². The van der Waals surface area contributed by atoms with Gasteiger partial charge in [0.1, 0.15) is 0 Å². The van der Waals surface area contributed by atoms with Gasteiger partial charge in [-0.05, 0) is 32.2 Å². The van der Waals surface area contributed by atoms with Gasteiger partial charge in [0.25, 0.3) is 0 Å². The SMILES string of the molecule is CCN(CCNC(=O)C1(CN)CCCCC1)C1CC1. The van der Waals surface area contributed by atoms with E-state index >= 15 is 0 Å². The Morgan fingerprint density at radius 1 is 1.32 bits per heavy atom. The molecule has 2 rings (SSSR count).